The summed E-state index contributed by atoms with van der Waals surface area (Å²) in [6.45, 7) is 0. The molecule has 6 heteroatoms. The molecule has 1 aromatic rings. The highest BCUT2D eigenvalue weighted by atomic mass is 16.5. The molecule has 0 aliphatic heterocycles. The van der Waals surface area contributed by atoms with Gasteiger partial charge in [-0.05, 0) is 18.9 Å². The number of carboxylic acid groups (broad SMARTS) is 1. The van der Waals surface area contributed by atoms with Crippen molar-refractivity contribution < 1.29 is 29.3 Å². The molecule has 0 atom stereocenters. The first-order valence-electron chi connectivity index (χ1n) is 6.69. The van der Waals surface area contributed by atoms with E-state index in [1.54, 1.807) is 0 Å². The summed E-state index contributed by atoms with van der Waals surface area (Å²) in [5.41, 5.74) is -0.798. The van der Waals surface area contributed by atoms with Crippen LogP contribution in [0, 0.1) is 0 Å². The van der Waals surface area contributed by atoms with Crippen molar-refractivity contribution in [2.24, 2.45) is 0 Å². The first kappa shape index (κ1) is 15.2. The highest BCUT2D eigenvalue weighted by Crippen LogP contribution is 2.46. The van der Waals surface area contributed by atoms with Gasteiger partial charge in [0.25, 0.3) is 0 Å². The van der Waals surface area contributed by atoms with Crippen LogP contribution in [0.5, 0.6) is 11.5 Å². The van der Waals surface area contributed by atoms with Crippen LogP contribution in [0.1, 0.15) is 41.6 Å². The number of esters is 1. The van der Waals surface area contributed by atoms with Crippen LogP contribution in [0.3, 0.4) is 0 Å². The van der Waals surface area contributed by atoms with Crippen molar-refractivity contribution >= 4 is 11.9 Å². The average Bonchev–Trinajstić information content (AvgIpc) is 2.96. The Balaban J connectivity index is 2.63. The predicted octanol–water partition coefficient (Wildman–Crippen LogP) is 2.08. The van der Waals surface area contributed by atoms with E-state index in [2.05, 4.69) is 4.74 Å². The summed E-state index contributed by atoms with van der Waals surface area (Å²) in [4.78, 5) is 23.5. The second kappa shape index (κ2) is 5.63. The summed E-state index contributed by atoms with van der Waals surface area (Å²) in [5.74, 6) is -1.65. The second-order valence-corrected chi connectivity index (χ2v) is 5.16. The minimum atomic E-state index is -1.15. The van der Waals surface area contributed by atoms with Crippen LogP contribution in [-0.2, 0) is 14.9 Å². The molecule has 0 saturated heterocycles. The van der Waals surface area contributed by atoms with Gasteiger partial charge in [-0.15, -0.1) is 0 Å². The topological polar surface area (TPSA) is 93.1 Å². The summed E-state index contributed by atoms with van der Waals surface area (Å²) in [6, 6.07) is 2.64. The summed E-state index contributed by atoms with van der Waals surface area (Å²) < 4.78 is 9.73. The average molecular weight is 294 g/mol. The quantitative estimate of drug-likeness (QED) is 0.826. The number of carbonyl (C=O) groups is 2. The first-order chi connectivity index (χ1) is 9.96. The van der Waals surface area contributed by atoms with Gasteiger partial charge in [-0.2, -0.15) is 0 Å². The summed E-state index contributed by atoms with van der Waals surface area (Å²) >= 11 is 0. The number of ether oxygens (including phenoxy) is 2. The third kappa shape index (κ3) is 2.41. The van der Waals surface area contributed by atoms with Crippen LogP contribution in [0.25, 0.3) is 0 Å². The molecule has 0 unspecified atom stereocenters. The van der Waals surface area contributed by atoms with E-state index in [1.807, 2.05) is 0 Å². The zero-order valence-electron chi connectivity index (χ0n) is 12.0. The number of carboxylic acids is 1. The lowest BCUT2D eigenvalue weighted by Crippen LogP contribution is -2.33. The molecule has 2 rings (SSSR count). The van der Waals surface area contributed by atoms with E-state index >= 15 is 0 Å². The van der Waals surface area contributed by atoms with E-state index in [1.165, 1.54) is 26.4 Å². The maximum atomic E-state index is 11.8. The van der Waals surface area contributed by atoms with E-state index in [0.29, 0.717) is 12.8 Å². The molecule has 1 fully saturated rings. The lowest BCUT2D eigenvalue weighted by Gasteiger charge is -2.26. The molecule has 0 spiro atoms. The molecular formula is C15H18O6. The summed E-state index contributed by atoms with van der Waals surface area (Å²) in [5, 5.41) is 19.8. The second-order valence-electron chi connectivity index (χ2n) is 5.16. The van der Waals surface area contributed by atoms with Crippen LogP contribution >= 0.6 is 0 Å². The van der Waals surface area contributed by atoms with Crippen molar-refractivity contribution in [3.63, 3.8) is 0 Å². The number of aliphatic carboxylic acids is 1. The Bertz CT molecular complexity index is 572. The van der Waals surface area contributed by atoms with Crippen LogP contribution in [0.15, 0.2) is 12.1 Å². The molecule has 0 bridgehead atoms. The molecule has 2 N–H and O–H groups in total. The van der Waals surface area contributed by atoms with Crippen molar-refractivity contribution in [3.8, 4) is 11.5 Å². The minimum Gasteiger partial charge on any atom is -0.507 e. The van der Waals surface area contributed by atoms with Crippen LogP contribution in [0.4, 0.5) is 0 Å². The zero-order valence-corrected chi connectivity index (χ0v) is 12.0. The third-order valence-electron chi connectivity index (χ3n) is 4.11. The monoisotopic (exact) mass is 294 g/mol. The lowest BCUT2D eigenvalue weighted by molar-refractivity contribution is -0.143. The number of phenols is 1. The van der Waals surface area contributed by atoms with Crippen molar-refractivity contribution in [2.75, 3.05) is 14.2 Å². The molecule has 1 aliphatic rings. The normalized spacial score (nSPS) is 16.5. The summed E-state index contributed by atoms with van der Waals surface area (Å²) in [7, 11) is 2.60. The number of methoxy groups -OCH3 is 2. The van der Waals surface area contributed by atoms with Crippen LogP contribution < -0.4 is 4.74 Å². The largest absolute Gasteiger partial charge is 0.507 e. The number of benzene rings is 1. The molecule has 1 aromatic carbocycles. The molecular weight excluding hydrogens is 276 g/mol. The molecule has 0 aromatic heterocycles. The molecule has 114 valence electrons. The Labute approximate surface area is 122 Å². The van der Waals surface area contributed by atoms with E-state index in [4.69, 9.17) is 4.74 Å². The Hall–Kier alpha value is -2.24. The van der Waals surface area contributed by atoms with Gasteiger partial charge in [0, 0.05) is 11.6 Å². The lowest BCUT2D eigenvalue weighted by atomic mass is 9.77. The maximum Gasteiger partial charge on any atom is 0.341 e. The van der Waals surface area contributed by atoms with Gasteiger partial charge in [-0.1, -0.05) is 12.8 Å². The van der Waals surface area contributed by atoms with Gasteiger partial charge in [-0.3, -0.25) is 4.79 Å². The highest BCUT2D eigenvalue weighted by molar-refractivity contribution is 5.94. The smallest absolute Gasteiger partial charge is 0.341 e. The van der Waals surface area contributed by atoms with Crippen molar-refractivity contribution in [3.05, 3.63) is 23.3 Å². The van der Waals surface area contributed by atoms with Gasteiger partial charge in [-0.25, -0.2) is 4.79 Å². The van der Waals surface area contributed by atoms with Crippen molar-refractivity contribution in [1.29, 1.82) is 0 Å². The third-order valence-corrected chi connectivity index (χ3v) is 4.11. The number of hydrogen-bond acceptors (Lipinski definition) is 5. The van der Waals surface area contributed by atoms with Crippen molar-refractivity contribution in [1.82, 2.24) is 0 Å². The van der Waals surface area contributed by atoms with Crippen LogP contribution in [-0.4, -0.2) is 36.4 Å². The Kier molecular flexibility index (Phi) is 4.06. The van der Waals surface area contributed by atoms with E-state index in [9.17, 15) is 19.8 Å². The van der Waals surface area contributed by atoms with E-state index in [-0.39, 0.29) is 22.6 Å². The maximum absolute atomic E-state index is 11.8. The molecule has 0 amide bonds. The van der Waals surface area contributed by atoms with Gasteiger partial charge in [0.1, 0.15) is 17.1 Å². The number of hydrogen-bond donors (Lipinski definition) is 2. The fraction of sp³-hybridized carbons (Fsp3) is 0.467. The van der Waals surface area contributed by atoms with Gasteiger partial charge in [0.2, 0.25) is 0 Å². The molecule has 0 heterocycles. The molecule has 6 nitrogen and oxygen atoms in total. The molecule has 1 saturated carbocycles. The number of carbonyl (C=O) groups excluding carboxylic acids is 1. The van der Waals surface area contributed by atoms with Gasteiger partial charge < -0.3 is 19.7 Å². The fourth-order valence-electron chi connectivity index (χ4n) is 2.97. The molecule has 21 heavy (non-hydrogen) atoms. The summed E-state index contributed by atoms with van der Waals surface area (Å²) in [6.07, 6.45) is 2.41. The molecule has 0 radical (unpaired) electrons. The highest BCUT2D eigenvalue weighted by Gasteiger charge is 2.45. The van der Waals surface area contributed by atoms with E-state index < -0.39 is 17.4 Å². The zero-order chi connectivity index (χ0) is 15.6. The number of rotatable bonds is 4. The van der Waals surface area contributed by atoms with Gasteiger partial charge >= 0.3 is 11.9 Å². The minimum absolute atomic E-state index is 0.111. The Morgan fingerprint density at radius 3 is 2.29 bits per heavy atom. The van der Waals surface area contributed by atoms with Crippen LogP contribution in [0.2, 0.25) is 0 Å². The fourth-order valence-corrected chi connectivity index (χ4v) is 2.97. The number of aromatic hydroxyl groups is 1. The SMILES string of the molecule is COC(=O)c1cc(C2(C(=O)O)CCCC2)c(O)cc1OC. The Morgan fingerprint density at radius 1 is 1.19 bits per heavy atom. The Morgan fingerprint density at radius 2 is 1.81 bits per heavy atom. The number of phenolic OH excluding ortho intramolecular Hbond substituents is 1. The van der Waals surface area contributed by atoms with Gasteiger partial charge in [0.15, 0.2) is 0 Å². The van der Waals surface area contributed by atoms with Gasteiger partial charge in [0.05, 0.1) is 19.6 Å². The first-order valence-corrected chi connectivity index (χ1v) is 6.69. The predicted molar refractivity (Wildman–Crippen MR) is 73.8 cm³/mol. The van der Waals surface area contributed by atoms with Crippen molar-refractivity contribution in [2.45, 2.75) is 31.1 Å². The van der Waals surface area contributed by atoms with E-state index in [0.717, 1.165) is 12.8 Å². The molecule has 1 aliphatic carbocycles. The standard InChI is InChI=1S/C15H18O6/c1-20-12-8-11(16)10(7-9(12)13(17)21-2)15(14(18)19)5-3-4-6-15/h7-8,16H,3-6H2,1-2H3,(H,18,19).